The maximum absolute atomic E-state index is 10.4. The van der Waals surface area contributed by atoms with Gasteiger partial charge < -0.3 is 9.67 Å². The van der Waals surface area contributed by atoms with Crippen LogP contribution in [0.15, 0.2) is 60.4 Å². The quantitative estimate of drug-likeness (QED) is 0.717. The topological polar surface area (TPSA) is 61.9 Å². The molecule has 2 aromatic carbocycles. The van der Waals surface area contributed by atoms with Crippen molar-refractivity contribution in [2.24, 2.45) is 0 Å². The molecule has 21 heavy (non-hydrogen) atoms. The van der Waals surface area contributed by atoms with Gasteiger partial charge in [0.25, 0.3) is 0 Å². The highest BCUT2D eigenvalue weighted by Crippen LogP contribution is 2.32. The van der Waals surface area contributed by atoms with Gasteiger partial charge in [-0.25, -0.2) is 4.98 Å². The highest BCUT2D eigenvalue weighted by molar-refractivity contribution is 5.85. The molecule has 3 aromatic rings. The van der Waals surface area contributed by atoms with Crippen LogP contribution in [0.1, 0.15) is 11.4 Å². The lowest BCUT2D eigenvalue weighted by atomic mass is 10.1. The molecular formula is C17H13N3O. The third-order valence-corrected chi connectivity index (χ3v) is 3.81. The van der Waals surface area contributed by atoms with Crippen molar-refractivity contribution in [3.05, 3.63) is 77.2 Å². The van der Waals surface area contributed by atoms with Gasteiger partial charge in [-0.1, -0.05) is 42.5 Å². The largest absolute Gasteiger partial charge is 0.510 e. The third-order valence-electron chi connectivity index (χ3n) is 3.81. The summed E-state index contributed by atoms with van der Waals surface area (Å²) in [5, 5.41) is 19.3. The Morgan fingerprint density at radius 2 is 1.71 bits per heavy atom. The number of nitrogens with one attached hydrogen (secondary N) is 1. The highest BCUT2D eigenvalue weighted by atomic mass is 16.3. The van der Waals surface area contributed by atoms with E-state index < -0.39 is 0 Å². The molecule has 1 aliphatic heterocycles. The van der Waals surface area contributed by atoms with Gasteiger partial charge in [0, 0.05) is 5.39 Å². The molecule has 2 heterocycles. The molecule has 0 unspecified atom stereocenters. The number of hydrogen-bond donors (Lipinski definition) is 2. The first-order valence-electron chi connectivity index (χ1n) is 6.78. The summed E-state index contributed by atoms with van der Waals surface area (Å²) in [4.78, 5) is 4.40. The van der Waals surface area contributed by atoms with Gasteiger partial charge in [-0.3, -0.25) is 5.41 Å². The molecule has 0 saturated heterocycles. The summed E-state index contributed by atoms with van der Waals surface area (Å²) < 4.78 is 1.96. The number of aliphatic hydroxyl groups excluding tert-OH is 1. The van der Waals surface area contributed by atoms with Crippen molar-refractivity contribution in [2.45, 2.75) is 6.54 Å². The number of allylic oxidation sites excluding steroid dienone is 1. The summed E-state index contributed by atoms with van der Waals surface area (Å²) in [5.74, 6) is 0.951. The van der Waals surface area contributed by atoms with Crippen LogP contribution in [0.2, 0.25) is 0 Å². The molecule has 0 aliphatic carbocycles. The summed E-state index contributed by atoms with van der Waals surface area (Å²) in [6.45, 7) is 0.396. The summed E-state index contributed by atoms with van der Waals surface area (Å²) in [6, 6.07) is 17.4. The lowest BCUT2D eigenvalue weighted by molar-refractivity contribution is 0.389. The van der Waals surface area contributed by atoms with E-state index in [-0.39, 0.29) is 5.49 Å². The van der Waals surface area contributed by atoms with Gasteiger partial charge in [-0.2, -0.15) is 0 Å². The van der Waals surface area contributed by atoms with E-state index in [0.717, 1.165) is 22.0 Å². The van der Waals surface area contributed by atoms with Crippen LogP contribution in [0.25, 0.3) is 16.5 Å². The molecule has 4 heteroatoms. The second kappa shape index (κ2) is 4.31. The molecule has 0 spiro atoms. The van der Waals surface area contributed by atoms with Gasteiger partial charge in [-0.15, -0.1) is 0 Å². The Labute approximate surface area is 121 Å². The Balaban J connectivity index is 2.05. The smallest absolute Gasteiger partial charge is 0.156 e. The molecular weight excluding hydrogens is 262 g/mol. The highest BCUT2D eigenvalue weighted by Gasteiger charge is 2.25. The van der Waals surface area contributed by atoms with E-state index in [2.05, 4.69) is 4.98 Å². The van der Waals surface area contributed by atoms with Crippen LogP contribution in [0, 0.1) is 5.41 Å². The number of rotatable bonds is 1. The van der Waals surface area contributed by atoms with Gasteiger partial charge in [0.05, 0.1) is 17.6 Å². The second-order valence-corrected chi connectivity index (χ2v) is 5.08. The first kappa shape index (κ1) is 11.9. The van der Waals surface area contributed by atoms with Gasteiger partial charge in [0.1, 0.15) is 11.6 Å². The van der Waals surface area contributed by atoms with Gasteiger partial charge in [-0.05, 0) is 17.7 Å². The van der Waals surface area contributed by atoms with Gasteiger partial charge in [0.15, 0.2) is 5.49 Å². The molecule has 4 rings (SSSR count). The second-order valence-electron chi connectivity index (χ2n) is 5.08. The molecule has 1 aromatic heterocycles. The Hall–Kier alpha value is -2.88. The summed E-state index contributed by atoms with van der Waals surface area (Å²) >= 11 is 0. The van der Waals surface area contributed by atoms with Crippen LogP contribution in [0.3, 0.4) is 0 Å². The van der Waals surface area contributed by atoms with Crippen LogP contribution in [0.5, 0.6) is 0 Å². The SMILES string of the molecule is N=c1nc2n(c3ccccc13)CC(O)=C2c1ccccc1. The van der Waals surface area contributed by atoms with Crippen LogP contribution in [0.4, 0.5) is 0 Å². The standard InChI is InChI=1S/C17H13N3O/c18-16-12-8-4-5-9-13(12)20-10-14(21)15(17(20)19-16)11-6-2-1-3-7-11/h1-9,18,21H,10H2. The minimum absolute atomic E-state index is 0.236. The number of fused-ring (bicyclic) bond motifs is 3. The summed E-state index contributed by atoms with van der Waals surface area (Å²) in [5.41, 5.74) is 2.79. The van der Waals surface area contributed by atoms with E-state index in [9.17, 15) is 5.11 Å². The molecule has 102 valence electrons. The van der Waals surface area contributed by atoms with E-state index >= 15 is 0 Å². The fourth-order valence-electron chi connectivity index (χ4n) is 2.86. The number of para-hydroxylation sites is 1. The van der Waals surface area contributed by atoms with Crippen molar-refractivity contribution in [1.29, 1.82) is 5.41 Å². The van der Waals surface area contributed by atoms with Crippen molar-refractivity contribution < 1.29 is 5.11 Å². The molecule has 0 bridgehead atoms. The Bertz CT molecular complexity index is 939. The third kappa shape index (κ3) is 1.69. The van der Waals surface area contributed by atoms with Crippen molar-refractivity contribution >= 4 is 16.5 Å². The van der Waals surface area contributed by atoms with E-state index in [0.29, 0.717) is 18.1 Å². The number of hydrogen-bond acceptors (Lipinski definition) is 3. The molecule has 2 N–H and O–H groups in total. The number of nitrogens with zero attached hydrogens (tertiary/aromatic N) is 2. The maximum Gasteiger partial charge on any atom is 0.156 e. The van der Waals surface area contributed by atoms with E-state index in [1.807, 2.05) is 59.2 Å². The van der Waals surface area contributed by atoms with Crippen LogP contribution in [-0.2, 0) is 6.54 Å². The van der Waals surface area contributed by atoms with E-state index in [1.165, 1.54) is 0 Å². The Morgan fingerprint density at radius 1 is 1.00 bits per heavy atom. The number of benzene rings is 2. The minimum atomic E-state index is 0.236. The number of aliphatic hydroxyl groups is 1. The molecule has 0 radical (unpaired) electrons. The Morgan fingerprint density at radius 3 is 2.52 bits per heavy atom. The molecule has 0 fully saturated rings. The summed E-state index contributed by atoms with van der Waals surface area (Å²) in [7, 11) is 0. The van der Waals surface area contributed by atoms with Crippen LogP contribution >= 0.6 is 0 Å². The summed E-state index contributed by atoms with van der Waals surface area (Å²) in [6.07, 6.45) is 0. The molecule has 1 aliphatic rings. The van der Waals surface area contributed by atoms with Gasteiger partial charge in [0.2, 0.25) is 0 Å². The first-order chi connectivity index (χ1) is 10.3. The van der Waals surface area contributed by atoms with Crippen molar-refractivity contribution in [3.8, 4) is 0 Å². The molecule has 0 amide bonds. The molecule has 0 atom stereocenters. The minimum Gasteiger partial charge on any atom is -0.510 e. The number of aromatic nitrogens is 2. The zero-order valence-electron chi connectivity index (χ0n) is 11.2. The zero-order valence-corrected chi connectivity index (χ0v) is 11.2. The van der Waals surface area contributed by atoms with E-state index in [4.69, 9.17) is 5.41 Å². The average Bonchev–Trinajstić information content (AvgIpc) is 2.85. The fraction of sp³-hybridized carbons (Fsp3) is 0.0588. The first-order valence-corrected chi connectivity index (χ1v) is 6.78. The molecule has 0 saturated carbocycles. The van der Waals surface area contributed by atoms with E-state index in [1.54, 1.807) is 0 Å². The average molecular weight is 275 g/mol. The Kier molecular flexibility index (Phi) is 2.44. The van der Waals surface area contributed by atoms with Crippen molar-refractivity contribution in [3.63, 3.8) is 0 Å². The predicted molar refractivity (Wildman–Crippen MR) is 80.7 cm³/mol. The fourth-order valence-corrected chi connectivity index (χ4v) is 2.86. The normalized spacial score (nSPS) is 13.7. The molecule has 4 nitrogen and oxygen atoms in total. The van der Waals surface area contributed by atoms with Crippen molar-refractivity contribution in [1.82, 2.24) is 9.55 Å². The van der Waals surface area contributed by atoms with Crippen LogP contribution < -0.4 is 5.49 Å². The lowest BCUT2D eigenvalue weighted by Crippen LogP contribution is -2.15. The maximum atomic E-state index is 10.4. The zero-order chi connectivity index (χ0) is 14.4. The van der Waals surface area contributed by atoms with Crippen LogP contribution in [-0.4, -0.2) is 14.7 Å². The van der Waals surface area contributed by atoms with Crippen molar-refractivity contribution in [2.75, 3.05) is 0 Å². The van der Waals surface area contributed by atoms with Gasteiger partial charge >= 0.3 is 0 Å². The monoisotopic (exact) mass is 275 g/mol. The lowest BCUT2D eigenvalue weighted by Gasteiger charge is -2.10. The predicted octanol–water partition coefficient (Wildman–Crippen LogP) is 2.85.